The number of aldehydes is 1. The molecule has 0 unspecified atom stereocenters. The van der Waals surface area contributed by atoms with Crippen molar-refractivity contribution in [1.82, 2.24) is 0 Å². The van der Waals surface area contributed by atoms with Crippen LogP contribution in [0.4, 0.5) is 0 Å². The summed E-state index contributed by atoms with van der Waals surface area (Å²) in [5, 5.41) is 4.24. The molecule has 3 heteroatoms. The predicted molar refractivity (Wildman–Crippen MR) is 88.4 cm³/mol. The maximum absolute atomic E-state index is 10.7. The van der Waals surface area contributed by atoms with E-state index >= 15 is 0 Å². The molecule has 0 atom stereocenters. The van der Waals surface area contributed by atoms with Gasteiger partial charge in [-0.25, -0.2) is 0 Å². The minimum absolute atomic E-state index is 0.761. The summed E-state index contributed by atoms with van der Waals surface area (Å²) in [6.07, 6.45) is 5.01. The van der Waals surface area contributed by atoms with Crippen LogP contribution in [-0.2, 0) is 0 Å². The molecule has 0 saturated carbocycles. The number of carbonyl (C=O) groups excluding carboxylic acids is 1. The zero-order valence-electron chi connectivity index (χ0n) is 10.7. The van der Waals surface area contributed by atoms with Crippen LogP contribution < -0.4 is 0 Å². The van der Waals surface area contributed by atoms with Crippen molar-refractivity contribution in [3.8, 4) is 11.1 Å². The second kappa shape index (κ2) is 5.99. The van der Waals surface area contributed by atoms with Crippen LogP contribution in [0.1, 0.15) is 20.1 Å². The predicted octanol–water partition coefficient (Wildman–Crippen LogP) is 5.46. The number of thiophene rings is 2. The van der Waals surface area contributed by atoms with Crippen molar-refractivity contribution in [2.24, 2.45) is 0 Å². The summed E-state index contributed by atoms with van der Waals surface area (Å²) in [4.78, 5) is 12.5. The van der Waals surface area contributed by atoms with Crippen LogP contribution in [0.5, 0.6) is 0 Å². The second-order valence-electron chi connectivity index (χ2n) is 4.33. The van der Waals surface area contributed by atoms with Crippen LogP contribution in [0, 0.1) is 0 Å². The van der Waals surface area contributed by atoms with Crippen molar-refractivity contribution in [2.75, 3.05) is 0 Å². The molecule has 1 nitrogen and oxygen atoms in total. The van der Waals surface area contributed by atoms with Gasteiger partial charge in [-0.15, -0.1) is 11.3 Å². The van der Waals surface area contributed by atoms with Crippen LogP contribution in [-0.4, -0.2) is 6.29 Å². The summed E-state index contributed by atoms with van der Waals surface area (Å²) in [6, 6.07) is 14.4. The third kappa shape index (κ3) is 2.95. The van der Waals surface area contributed by atoms with E-state index in [0.29, 0.717) is 0 Å². The lowest BCUT2D eigenvalue weighted by Crippen LogP contribution is -1.76. The van der Waals surface area contributed by atoms with Crippen LogP contribution in [0.15, 0.2) is 53.2 Å². The third-order valence-corrected chi connectivity index (χ3v) is 4.60. The maximum Gasteiger partial charge on any atom is 0.160 e. The van der Waals surface area contributed by atoms with Crippen molar-refractivity contribution in [3.05, 3.63) is 68.5 Å². The van der Waals surface area contributed by atoms with Gasteiger partial charge >= 0.3 is 0 Å². The fourth-order valence-corrected chi connectivity index (χ4v) is 3.34. The van der Waals surface area contributed by atoms with Gasteiger partial charge in [-0.2, -0.15) is 11.3 Å². The van der Waals surface area contributed by atoms with Crippen LogP contribution in [0.2, 0.25) is 0 Å². The molecule has 0 aliphatic rings. The average Bonchev–Trinajstić information content (AvgIpc) is 3.17. The molecule has 20 heavy (non-hydrogen) atoms. The molecule has 0 amide bonds. The van der Waals surface area contributed by atoms with E-state index in [-0.39, 0.29) is 0 Å². The van der Waals surface area contributed by atoms with E-state index in [0.717, 1.165) is 21.6 Å². The van der Waals surface area contributed by atoms with E-state index in [2.05, 4.69) is 47.2 Å². The summed E-state index contributed by atoms with van der Waals surface area (Å²) in [7, 11) is 0. The Balaban J connectivity index is 1.84. The number of hydrogen-bond acceptors (Lipinski definition) is 3. The van der Waals surface area contributed by atoms with Gasteiger partial charge in [-0.1, -0.05) is 24.3 Å². The first-order valence-electron chi connectivity index (χ1n) is 6.21. The van der Waals surface area contributed by atoms with Gasteiger partial charge in [0.25, 0.3) is 0 Å². The number of benzene rings is 1. The van der Waals surface area contributed by atoms with Gasteiger partial charge in [-0.3, -0.25) is 4.79 Å². The van der Waals surface area contributed by atoms with Crippen molar-refractivity contribution in [3.63, 3.8) is 0 Å². The van der Waals surface area contributed by atoms with Gasteiger partial charge < -0.3 is 0 Å². The number of rotatable bonds is 4. The Morgan fingerprint density at radius 2 is 1.80 bits per heavy atom. The number of hydrogen-bond donors (Lipinski definition) is 0. The minimum Gasteiger partial charge on any atom is -0.297 e. The van der Waals surface area contributed by atoms with Gasteiger partial charge in [0.2, 0.25) is 0 Å². The zero-order chi connectivity index (χ0) is 13.8. The van der Waals surface area contributed by atoms with Gasteiger partial charge in [0.1, 0.15) is 0 Å². The smallest absolute Gasteiger partial charge is 0.160 e. The lowest BCUT2D eigenvalue weighted by atomic mass is 10.1. The molecule has 98 valence electrons. The molecule has 2 aromatic heterocycles. The first kappa shape index (κ1) is 13.0. The van der Waals surface area contributed by atoms with Crippen molar-refractivity contribution in [2.45, 2.75) is 0 Å². The largest absolute Gasteiger partial charge is 0.297 e. The molecule has 0 N–H and O–H groups in total. The molecule has 0 fully saturated rings. The van der Waals surface area contributed by atoms with Crippen molar-refractivity contribution >= 4 is 41.1 Å². The molecule has 3 rings (SSSR count). The standard InChI is InChI=1S/C17H12OS2/c18-11-17-7-6-16(20-17)5-4-13-2-1-3-14(10-13)15-8-9-19-12-15/h1-12H/b5-4+. The van der Waals surface area contributed by atoms with Crippen molar-refractivity contribution < 1.29 is 4.79 Å². The van der Waals surface area contributed by atoms with E-state index in [1.807, 2.05) is 18.2 Å². The van der Waals surface area contributed by atoms with E-state index in [4.69, 9.17) is 0 Å². The molecular weight excluding hydrogens is 284 g/mol. The normalized spacial score (nSPS) is 11.0. The summed E-state index contributed by atoms with van der Waals surface area (Å²) in [5.41, 5.74) is 3.65. The van der Waals surface area contributed by atoms with Crippen molar-refractivity contribution in [1.29, 1.82) is 0 Å². The topological polar surface area (TPSA) is 17.1 Å². The highest BCUT2D eigenvalue weighted by Crippen LogP contribution is 2.24. The summed E-state index contributed by atoms with van der Waals surface area (Å²) in [5.74, 6) is 0. The van der Waals surface area contributed by atoms with Gasteiger partial charge in [0.05, 0.1) is 4.88 Å². The molecule has 2 heterocycles. The molecule has 0 radical (unpaired) electrons. The highest BCUT2D eigenvalue weighted by Gasteiger charge is 1.99. The van der Waals surface area contributed by atoms with Crippen LogP contribution in [0.25, 0.3) is 23.3 Å². The molecule has 0 saturated heterocycles. The monoisotopic (exact) mass is 296 g/mol. The molecular formula is C17H12OS2. The van der Waals surface area contributed by atoms with Gasteiger partial charge in [-0.05, 0) is 57.8 Å². The molecule has 0 bridgehead atoms. The lowest BCUT2D eigenvalue weighted by Gasteiger charge is -1.99. The van der Waals surface area contributed by atoms with Crippen LogP contribution >= 0.6 is 22.7 Å². The molecule has 0 spiro atoms. The highest BCUT2D eigenvalue weighted by atomic mass is 32.1. The van der Waals surface area contributed by atoms with Gasteiger partial charge in [0.15, 0.2) is 6.29 Å². The highest BCUT2D eigenvalue weighted by molar-refractivity contribution is 7.14. The Hall–Kier alpha value is -1.97. The summed E-state index contributed by atoms with van der Waals surface area (Å²) in [6.45, 7) is 0. The Morgan fingerprint density at radius 3 is 2.55 bits per heavy atom. The molecule has 3 aromatic rings. The third-order valence-electron chi connectivity index (χ3n) is 2.94. The minimum atomic E-state index is 0.761. The van der Waals surface area contributed by atoms with E-state index in [1.165, 1.54) is 22.5 Å². The summed E-state index contributed by atoms with van der Waals surface area (Å²) >= 11 is 3.21. The Bertz CT molecular complexity index is 736. The van der Waals surface area contributed by atoms with E-state index in [1.54, 1.807) is 11.3 Å². The fourth-order valence-electron chi connectivity index (χ4n) is 1.95. The fraction of sp³-hybridized carbons (Fsp3) is 0. The maximum atomic E-state index is 10.7. The Morgan fingerprint density at radius 1 is 0.900 bits per heavy atom. The lowest BCUT2D eigenvalue weighted by molar-refractivity contribution is 0.112. The van der Waals surface area contributed by atoms with Gasteiger partial charge in [0, 0.05) is 4.88 Å². The zero-order valence-corrected chi connectivity index (χ0v) is 12.3. The Labute approximate surface area is 125 Å². The average molecular weight is 296 g/mol. The van der Waals surface area contributed by atoms with E-state index in [9.17, 15) is 4.79 Å². The van der Waals surface area contributed by atoms with Crippen LogP contribution in [0.3, 0.4) is 0 Å². The first-order valence-corrected chi connectivity index (χ1v) is 7.97. The SMILES string of the molecule is O=Cc1ccc(/C=C/c2cccc(-c3ccsc3)c2)s1. The summed E-state index contributed by atoms with van der Waals surface area (Å²) < 4.78 is 0. The Kier molecular flexibility index (Phi) is 3.90. The molecule has 0 aliphatic heterocycles. The number of carbonyl (C=O) groups is 1. The quantitative estimate of drug-likeness (QED) is 0.584. The first-order chi connectivity index (χ1) is 9.85. The molecule has 1 aromatic carbocycles. The second-order valence-corrected chi connectivity index (χ2v) is 6.26. The molecule has 0 aliphatic carbocycles. The van der Waals surface area contributed by atoms with E-state index < -0.39 is 0 Å².